The summed E-state index contributed by atoms with van der Waals surface area (Å²) in [5.41, 5.74) is 0. The van der Waals surface area contributed by atoms with E-state index in [4.69, 9.17) is 28.5 Å². The Hall–Kier alpha value is -0.320. The summed E-state index contributed by atoms with van der Waals surface area (Å²) in [6.07, 6.45) is 1.16. The Labute approximate surface area is 114 Å². The van der Waals surface area contributed by atoms with Crippen LogP contribution in [-0.4, -0.2) is 14.5 Å². The highest BCUT2D eigenvalue weighted by Crippen LogP contribution is 2.34. The molecule has 94 valence electrons. The quantitative estimate of drug-likeness (QED) is 0.908. The van der Waals surface area contributed by atoms with Crippen LogP contribution >= 0.6 is 34.5 Å². The molecule has 1 N–H and O–H groups in total. The van der Waals surface area contributed by atoms with Crippen LogP contribution in [0.5, 0.6) is 0 Å². The first-order valence-electron chi connectivity index (χ1n) is 4.77. The van der Waals surface area contributed by atoms with Gasteiger partial charge in [-0.15, -0.1) is 11.3 Å². The second-order valence-electron chi connectivity index (χ2n) is 3.28. The molecule has 1 rings (SSSR count). The van der Waals surface area contributed by atoms with Crippen LogP contribution in [0.4, 0.5) is 0 Å². The number of halogens is 2. The molecule has 4 nitrogen and oxygen atoms in total. The number of hydrogen-bond acceptors (Lipinski definition) is 4. The second kappa shape index (κ2) is 6.03. The highest BCUT2D eigenvalue weighted by Gasteiger charge is 2.24. The normalized spacial score (nSPS) is 13.3. The third-order valence-electron chi connectivity index (χ3n) is 1.95. The average Bonchev–Trinajstić information content (AvgIpc) is 2.57. The molecule has 1 unspecified atom stereocenters. The summed E-state index contributed by atoms with van der Waals surface area (Å²) in [5, 5.41) is 8.81. The van der Waals surface area contributed by atoms with E-state index in [2.05, 4.69) is 4.72 Å². The van der Waals surface area contributed by atoms with Crippen LogP contribution in [0.1, 0.15) is 19.8 Å². The van der Waals surface area contributed by atoms with Gasteiger partial charge in [0.2, 0.25) is 10.0 Å². The van der Waals surface area contributed by atoms with Crippen molar-refractivity contribution in [2.45, 2.75) is 30.7 Å². The molecule has 0 radical (unpaired) electrons. The van der Waals surface area contributed by atoms with Gasteiger partial charge in [0, 0.05) is 0 Å². The second-order valence-corrected chi connectivity index (χ2v) is 7.25. The van der Waals surface area contributed by atoms with Crippen molar-refractivity contribution in [3.63, 3.8) is 0 Å². The smallest absolute Gasteiger partial charge is 0.207 e. The molecule has 0 bridgehead atoms. The maximum Gasteiger partial charge on any atom is 0.244 e. The van der Waals surface area contributed by atoms with Crippen molar-refractivity contribution in [3.8, 4) is 6.07 Å². The lowest BCUT2D eigenvalue weighted by molar-refractivity contribution is 0.563. The van der Waals surface area contributed by atoms with Crippen molar-refractivity contribution in [3.05, 3.63) is 14.7 Å². The zero-order chi connectivity index (χ0) is 13.1. The van der Waals surface area contributed by atoms with Crippen LogP contribution in [0.2, 0.25) is 8.67 Å². The van der Waals surface area contributed by atoms with Crippen molar-refractivity contribution < 1.29 is 8.42 Å². The molecule has 0 aliphatic rings. The SMILES string of the molecule is CCCC(C#N)NS(=O)(=O)c1cc(Cl)sc1Cl. The highest BCUT2D eigenvalue weighted by molar-refractivity contribution is 7.89. The van der Waals surface area contributed by atoms with Gasteiger partial charge in [-0.1, -0.05) is 36.5 Å². The zero-order valence-corrected chi connectivity index (χ0v) is 12.0. The van der Waals surface area contributed by atoms with Crippen molar-refractivity contribution in [2.24, 2.45) is 0 Å². The summed E-state index contributed by atoms with van der Waals surface area (Å²) in [6, 6.07) is 2.42. The molecule has 0 saturated heterocycles. The van der Waals surface area contributed by atoms with Gasteiger partial charge in [0.1, 0.15) is 15.3 Å². The molecule has 0 aliphatic heterocycles. The van der Waals surface area contributed by atoms with Gasteiger partial charge in [-0.2, -0.15) is 9.98 Å². The summed E-state index contributed by atoms with van der Waals surface area (Å²) in [4.78, 5) is -0.0782. The molecule has 0 amide bonds. The lowest BCUT2D eigenvalue weighted by atomic mass is 10.2. The minimum absolute atomic E-state index is 0.0782. The minimum Gasteiger partial charge on any atom is -0.207 e. The van der Waals surface area contributed by atoms with Crippen molar-refractivity contribution in [1.82, 2.24) is 4.72 Å². The van der Waals surface area contributed by atoms with Crippen LogP contribution < -0.4 is 4.72 Å². The molecule has 1 aromatic rings. The molecular formula is C9H10Cl2N2O2S2. The van der Waals surface area contributed by atoms with E-state index in [9.17, 15) is 8.42 Å². The molecule has 0 saturated carbocycles. The standard InChI is InChI=1S/C9H10Cl2N2O2S2/c1-2-3-6(5-12)13-17(14,15)7-4-8(10)16-9(7)11/h4,6,13H,2-3H2,1H3. The van der Waals surface area contributed by atoms with E-state index in [0.29, 0.717) is 17.2 Å². The Bertz CT molecular complexity index is 534. The predicted molar refractivity (Wildman–Crippen MR) is 69.0 cm³/mol. The topological polar surface area (TPSA) is 70.0 Å². The fraction of sp³-hybridized carbons (Fsp3) is 0.444. The Balaban J connectivity index is 2.97. The van der Waals surface area contributed by atoms with Crippen LogP contribution in [0.15, 0.2) is 11.0 Å². The Kier molecular flexibility index (Phi) is 5.22. The Morgan fingerprint density at radius 2 is 2.24 bits per heavy atom. The number of nitrogens with zero attached hydrogens (tertiary/aromatic N) is 1. The highest BCUT2D eigenvalue weighted by atomic mass is 35.5. The summed E-state index contributed by atoms with van der Waals surface area (Å²) < 4.78 is 26.5. The van der Waals surface area contributed by atoms with E-state index >= 15 is 0 Å². The Morgan fingerprint density at radius 1 is 1.59 bits per heavy atom. The number of hydrogen-bond donors (Lipinski definition) is 1. The Morgan fingerprint density at radius 3 is 2.65 bits per heavy atom. The number of thiophene rings is 1. The molecule has 1 aromatic heterocycles. The van der Waals surface area contributed by atoms with E-state index < -0.39 is 16.1 Å². The predicted octanol–water partition coefficient (Wildman–Crippen LogP) is 3.03. The molecule has 0 aromatic carbocycles. The molecule has 0 spiro atoms. The van der Waals surface area contributed by atoms with E-state index in [-0.39, 0.29) is 9.23 Å². The van der Waals surface area contributed by atoms with Crippen LogP contribution in [0, 0.1) is 11.3 Å². The lowest BCUT2D eigenvalue weighted by Crippen LogP contribution is -2.33. The first kappa shape index (κ1) is 14.7. The maximum atomic E-state index is 11.9. The minimum atomic E-state index is -3.78. The van der Waals surface area contributed by atoms with Crippen LogP contribution in [0.3, 0.4) is 0 Å². The van der Waals surface area contributed by atoms with Gasteiger partial charge >= 0.3 is 0 Å². The summed E-state index contributed by atoms with van der Waals surface area (Å²) in [7, 11) is -3.78. The molecule has 8 heteroatoms. The number of nitriles is 1. The number of nitrogens with one attached hydrogen (secondary N) is 1. The average molecular weight is 313 g/mol. The van der Waals surface area contributed by atoms with Gasteiger partial charge < -0.3 is 0 Å². The molecule has 0 aliphatic carbocycles. The molecule has 1 atom stereocenters. The summed E-state index contributed by atoms with van der Waals surface area (Å²) >= 11 is 12.4. The summed E-state index contributed by atoms with van der Waals surface area (Å²) in [6.45, 7) is 1.87. The third-order valence-corrected chi connectivity index (χ3v) is 5.17. The number of rotatable bonds is 5. The van der Waals surface area contributed by atoms with Crippen molar-refractivity contribution >= 4 is 44.6 Å². The van der Waals surface area contributed by atoms with E-state index in [1.165, 1.54) is 6.07 Å². The molecule has 17 heavy (non-hydrogen) atoms. The zero-order valence-electron chi connectivity index (χ0n) is 8.91. The van der Waals surface area contributed by atoms with Gasteiger partial charge in [-0.25, -0.2) is 8.42 Å². The van der Waals surface area contributed by atoms with Crippen molar-refractivity contribution in [1.29, 1.82) is 5.26 Å². The van der Waals surface area contributed by atoms with Gasteiger partial charge in [-0.3, -0.25) is 0 Å². The maximum absolute atomic E-state index is 11.9. The van der Waals surface area contributed by atoms with Gasteiger partial charge in [0.05, 0.1) is 10.4 Å². The molecule has 1 heterocycles. The molecule has 0 fully saturated rings. The molecular weight excluding hydrogens is 303 g/mol. The van der Waals surface area contributed by atoms with E-state index in [1.807, 2.05) is 13.0 Å². The van der Waals surface area contributed by atoms with Gasteiger partial charge in [-0.05, 0) is 12.5 Å². The third kappa shape index (κ3) is 3.83. The van der Waals surface area contributed by atoms with Crippen molar-refractivity contribution in [2.75, 3.05) is 0 Å². The summed E-state index contributed by atoms with van der Waals surface area (Å²) in [5.74, 6) is 0. The largest absolute Gasteiger partial charge is 0.244 e. The lowest BCUT2D eigenvalue weighted by Gasteiger charge is -2.10. The fourth-order valence-corrected chi connectivity index (χ4v) is 4.52. The van der Waals surface area contributed by atoms with Gasteiger partial charge in [0.25, 0.3) is 0 Å². The fourth-order valence-electron chi connectivity index (χ4n) is 1.20. The monoisotopic (exact) mass is 312 g/mol. The van der Waals surface area contributed by atoms with Gasteiger partial charge in [0.15, 0.2) is 0 Å². The first-order chi connectivity index (χ1) is 7.90. The first-order valence-corrected chi connectivity index (χ1v) is 7.83. The van der Waals surface area contributed by atoms with Crippen LogP contribution in [0.25, 0.3) is 0 Å². The van der Waals surface area contributed by atoms with Crippen LogP contribution in [-0.2, 0) is 10.0 Å². The van der Waals surface area contributed by atoms with E-state index in [1.54, 1.807) is 0 Å². The number of sulfonamides is 1. The van der Waals surface area contributed by atoms with E-state index in [0.717, 1.165) is 11.3 Å².